The maximum atomic E-state index is 3.57. The molecule has 0 heterocycles. The van der Waals surface area contributed by atoms with Crippen molar-refractivity contribution in [2.75, 3.05) is 13.1 Å². The second kappa shape index (κ2) is 8.97. The fourth-order valence-corrected chi connectivity index (χ4v) is 3.05. The smallest absolute Gasteiger partial charge is 0.00437 e. The molecule has 1 aliphatic carbocycles. The number of rotatable bonds is 5. The topological polar surface area (TPSA) is 12.0 Å². The van der Waals surface area contributed by atoms with Gasteiger partial charge in [-0.3, -0.25) is 0 Å². The molecule has 0 saturated heterocycles. The van der Waals surface area contributed by atoms with Gasteiger partial charge in [0.2, 0.25) is 0 Å². The second-order valence-corrected chi connectivity index (χ2v) is 6.29. The van der Waals surface area contributed by atoms with Crippen molar-refractivity contribution in [3.63, 3.8) is 0 Å². The van der Waals surface area contributed by atoms with Crippen LogP contribution in [0.5, 0.6) is 0 Å². The molecule has 102 valence electrons. The highest BCUT2D eigenvalue weighted by molar-refractivity contribution is 4.76. The number of nitrogens with one attached hydrogen (secondary N) is 1. The van der Waals surface area contributed by atoms with E-state index in [1.807, 2.05) is 0 Å². The minimum atomic E-state index is 0.623. The van der Waals surface area contributed by atoms with Crippen molar-refractivity contribution in [2.45, 2.75) is 84.5 Å². The number of hydrogen-bond acceptors (Lipinski definition) is 1. The maximum Gasteiger partial charge on any atom is -0.00437 e. The number of hydrogen-bond donors (Lipinski definition) is 1. The van der Waals surface area contributed by atoms with E-state index in [-0.39, 0.29) is 0 Å². The fourth-order valence-electron chi connectivity index (χ4n) is 3.05. The SMILES string of the molecule is CCCNCCC1(C)CCCCCCCCC1. The molecule has 1 rings (SSSR count). The third kappa shape index (κ3) is 7.08. The summed E-state index contributed by atoms with van der Waals surface area (Å²) in [7, 11) is 0. The molecule has 0 radical (unpaired) electrons. The summed E-state index contributed by atoms with van der Waals surface area (Å²) in [6.45, 7) is 7.20. The van der Waals surface area contributed by atoms with Crippen molar-refractivity contribution in [1.29, 1.82) is 0 Å². The minimum Gasteiger partial charge on any atom is -0.317 e. The first-order valence-electron chi connectivity index (χ1n) is 7.97. The molecular formula is C16H33N. The molecule has 17 heavy (non-hydrogen) atoms. The molecule has 1 heteroatoms. The van der Waals surface area contributed by atoms with Gasteiger partial charge < -0.3 is 5.32 Å². The molecule has 1 N–H and O–H groups in total. The van der Waals surface area contributed by atoms with Crippen molar-refractivity contribution in [1.82, 2.24) is 5.32 Å². The Morgan fingerprint density at radius 3 is 1.88 bits per heavy atom. The lowest BCUT2D eigenvalue weighted by Gasteiger charge is -2.31. The van der Waals surface area contributed by atoms with E-state index in [0.717, 1.165) is 0 Å². The Labute approximate surface area is 109 Å². The average Bonchev–Trinajstić information content (AvgIpc) is 2.33. The lowest BCUT2D eigenvalue weighted by atomic mass is 9.76. The highest BCUT2D eigenvalue weighted by Crippen LogP contribution is 2.35. The second-order valence-electron chi connectivity index (χ2n) is 6.29. The maximum absolute atomic E-state index is 3.57. The van der Waals surface area contributed by atoms with Gasteiger partial charge in [0.25, 0.3) is 0 Å². The summed E-state index contributed by atoms with van der Waals surface area (Å²) >= 11 is 0. The normalized spacial score (nSPS) is 22.2. The van der Waals surface area contributed by atoms with Crippen LogP contribution in [0.2, 0.25) is 0 Å². The van der Waals surface area contributed by atoms with E-state index in [1.165, 1.54) is 83.7 Å². The van der Waals surface area contributed by atoms with E-state index < -0.39 is 0 Å². The summed E-state index contributed by atoms with van der Waals surface area (Å²) in [4.78, 5) is 0. The van der Waals surface area contributed by atoms with Crippen LogP contribution < -0.4 is 5.32 Å². The molecule has 0 unspecified atom stereocenters. The third-order valence-corrected chi connectivity index (χ3v) is 4.39. The monoisotopic (exact) mass is 239 g/mol. The zero-order valence-electron chi connectivity index (χ0n) is 12.2. The Morgan fingerprint density at radius 1 is 0.824 bits per heavy atom. The van der Waals surface area contributed by atoms with Crippen LogP contribution in [-0.4, -0.2) is 13.1 Å². The Balaban J connectivity index is 2.27. The van der Waals surface area contributed by atoms with Gasteiger partial charge in [-0.2, -0.15) is 0 Å². The molecule has 0 aromatic carbocycles. The lowest BCUT2D eigenvalue weighted by Crippen LogP contribution is -2.25. The third-order valence-electron chi connectivity index (χ3n) is 4.39. The van der Waals surface area contributed by atoms with E-state index in [4.69, 9.17) is 0 Å². The quantitative estimate of drug-likeness (QED) is 0.672. The van der Waals surface area contributed by atoms with E-state index in [2.05, 4.69) is 19.2 Å². The summed E-state index contributed by atoms with van der Waals surface area (Å²) in [6, 6.07) is 0. The van der Waals surface area contributed by atoms with E-state index in [0.29, 0.717) is 5.41 Å². The van der Waals surface area contributed by atoms with Gasteiger partial charge in [-0.1, -0.05) is 58.8 Å². The van der Waals surface area contributed by atoms with E-state index >= 15 is 0 Å². The molecule has 1 fully saturated rings. The molecule has 0 aliphatic heterocycles. The largest absolute Gasteiger partial charge is 0.317 e. The fraction of sp³-hybridized carbons (Fsp3) is 1.00. The van der Waals surface area contributed by atoms with Gasteiger partial charge in [0.05, 0.1) is 0 Å². The predicted octanol–water partition coefficient (Wildman–Crippen LogP) is 4.91. The zero-order chi connectivity index (χ0) is 12.4. The summed E-state index contributed by atoms with van der Waals surface area (Å²) < 4.78 is 0. The predicted molar refractivity (Wildman–Crippen MR) is 77.4 cm³/mol. The van der Waals surface area contributed by atoms with Gasteiger partial charge >= 0.3 is 0 Å². The molecule has 1 aliphatic rings. The molecule has 0 atom stereocenters. The van der Waals surface area contributed by atoms with Crippen LogP contribution in [0.15, 0.2) is 0 Å². The van der Waals surface area contributed by atoms with Crippen molar-refractivity contribution in [2.24, 2.45) is 5.41 Å². The first-order chi connectivity index (χ1) is 8.27. The van der Waals surface area contributed by atoms with Crippen LogP contribution >= 0.6 is 0 Å². The van der Waals surface area contributed by atoms with E-state index in [1.54, 1.807) is 0 Å². The molecule has 0 spiro atoms. The van der Waals surface area contributed by atoms with Gasteiger partial charge in [-0.05, 0) is 44.2 Å². The first kappa shape index (κ1) is 15.0. The van der Waals surface area contributed by atoms with Crippen molar-refractivity contribution in [3.8, 4) is 0 Å². The Bertz CT molecular complexity index is 166. The summed E-state index contributed by atoms with van der Waals surface area (Å²) in [5, 5.41) is 3.57. The van der Waals surface area contributed by atoms with Crippen molar-refractivity contribution >= 4 is 0 Å². The van der Waals surface area contributed by atoms with Crippen LogP contribution in [-0.2, 0) is 0 Å². The molecule has 0 amide bonds. The highest BCUT2D eigenvalue weighted by atomic mass is 14.8. The molecule has 1 nitrogen and oxygen atoms in total. The van der Waals surface area contributed by atoms with Gasteiger partial charge in [-0.15, -0.1) is 0 Å². The van der Waals surface area contributed by atoms with Crippen LogP contribution in [0.4, 0.5) is 0 Å². The first-order valence-corrected chi connectivity index (χ1v) is 7.97. The van der Waals surface area contributed by atoms with Gasteiger partial charge in [0.1, 0.15) is 0 Å². The standard InChI is InChI=1S/C16H33N/c1-3-14-17-15-13-16(2)11-9-7-5-4-6-8-10-12-16/h17H,3-15H2,1-2H3. The Kier molecular flexibility index (Phi) is 7.92. The van der Waals surface area contributed by atoms with Gasteiger partial charge in [0.15, 0.2) is 0 Å². The molecule has 1 saturated carbocycles. The van der Waals surface area contributed by atoms with Crippen LogP contribution in [0.1, 0.15) is 84.5 Å². The minimum absolute atomic E-state index is 0.623. The van der Waals surface area contributed by atoms with Crippen LogP contribution in [0.3, 0.4) is 0 Å². The lowest BCUT2D eigenvalue weighted by molar-refractivity contribution is 0.224. The highest BCUT2D eigenvalue weighted by Gasteiger charge is 2.23. The molecule has 0 bridgehead atoms. The zero-order valence-corrected chi connectivity index (χ0v) is 12.2. The van der Waals surface area contributed by atoms with Crippen LogP contribution in [0.25, 0.3) is 0 Å². The average molecular weight is 239 g/mol. The van der Waals surface area contributed by atoms with Crippen molar-refractivity contribution in [3.05, 3.63) is 0 Å². The summed E-state index contributed by atoms with van der Waals surface area (Å²) in [6.07, 6.45) is 15.9. The molecule has 0 aromatic rings. The summed E-state index contributed by atoms with van der Waals surface area (Å²) in [5.74, 6) is 0. The van der Waals surface area contributed by atoms with E-state index in [9.17, 15) is 0 Å². The van der Waals surface area contributed by atoms with Crippen LogP contribution in [0, 0.1) is 5.41 Å². The Morgan fingerprint density at radius 2 is 1.35 bits per heavy atom. The Hall–Kier alpha value is -0.0400. The van der Waals surface area contributed by atoms with Crippen molar-refractivity contribution < 1.29 is 0 Å². The molecular weight excluding hydrogens is 206 g/mol. The van der Waals surface area contributed by atoms with Gasteiger partial charge in [-0.25, -0.2) is 0 Å². The summed E-state index contributed by atoms with van der Waals surface area (Å²) in [5.41, 5.74) is 0.623. The molecule has 0 aromatic heterocycles. The van der Waals surface area contributed by atoms with Gasteiger partial charge in [0, 0.05) is 0 Å².